The summed E-state index contributed by atoms with van der Waals surface area (Å²) in [5, 5.41) is 13.8. The van der Waals surface area contributed by atoms with Crippen LogP contribution < -0.4 is 16.4 Å². The largest absolute Gasteiger partial charge is 0.481 e. The van der Waals surface area contributed by atoms with Gasteiger partial charge in [0.15, 0.2) is 0 Å². The van der Waals surface area contributed by atoms with Crippen LogP contribution >= 0.6 is 0 Å². The molecule has 0 bridgehead atoms. The number of rotatable bonds is 9. The fraction of sp³-hybridized carbons (Fsp3) is 0.750. The third-order valence-corrected chi connectivity index (χ3v) is 2.76. The number of urea groups is 1. The number of primary amides is 1. The Labute approximate surface area is 112 Å². The van der Waals surface area contributed by atoms with Gasteiger partial charge in [0.25, 0.3) is 0 Å². The second-order valence-electron chi connectivity index (χ2n) is 5.21. The van der Waals surface area contributed by atoms with Crippen molar-refractivity contribution in [2.45, 2.75) is 39.5 Å². The number of nitrogens with one attached hydrogen (secondary N) is 2. The predicted octanol–water partition coefficient (Wildman–Crippen LogP) is 0.442. The molecule has 5 N–H and O–H groups in total. The Morgan fingerprint density at radius 1 is 1.05 bits per heavy atom. The van der Waals surface area contributed by atoms with Crippen LogP contribution in [0.4, 0.5) is 4.79 Å². The number of carbonyl (C=O) groups is 3. The Morgan fingerprint density at radius 2 is 1.63 bits per heavy atom. The van der Waals surface area contributed by atoms with E-state index in [9.17, 15) is 14.4 Å². The Hall–Kier alpha value is -1.79. The zero-order chi connectivity index (χ0) is 14.9. The fourth-order valence-corrected chi connectivity index (χ4v) is 1.45. The van der Waals surface area contributed by atoms with Crippen molar-refractivity contribution in [1.29, 1.82) is 0 Å². The number of nitrogens with two attached hydrogens (primary N) is 1. The zero-order valence-electron chi connectivity index (χ0n) is 11.5. The molecule has 0 heterocycles. The maximum absolute atomic E-state index is 11.3. The van der Waals surface area contributed by atoms with E-state index in [0.29, 0.717) is 19.4 Å². The van der Waals surface area contributed by atoms with E-state index in [1.807, 2.05) is 13.8 Å². The third kappa shape index (κ3) is 11.1. The van der Waals surface area contributed by atoms with Crippen LogP contribution in [-0.2, 0) is 9.59 Å². The molecule has 0 rings (SSSR count). The van der Waals surface area contributed by atoms with Crippen molar-refractivity contribution >= 4 is 17.9 Å². The molecule has 7 nitrogen and oxygen atoms in total. The molecule has 0 aliphatic rings. The minimum Gasteiger partial charge on any atom is -0.481 e. The van der Waals surface area contributed by atoms with Gasteiger partial charge in [-0.3, -0.25) is 9.59 Å². The lowest BCUT2D eigenvalue weighted by Crippen LogP contribution is -2.38. The van der Waals surface area contributed by atoms with Gasteiger partial charge in [-0.1, -0.05) is 13.8 Å². The Kier molecular flexibility index (Phi) is 7.55. The summed E-state index contributed by atoms with van der Waals surface area (Å²) in [7, 11) is 0. The third-order valence-electron chi connectivity index (χ3n) is 2.76. The van der Waals surface area contributed by atoms with Gasteiger partial charge in [-0.25, -0.2) is 4.79 Å². The Balaban J connectivity index is 3.73. The average molecular weight is 273 g/mol. The Bertz CT molecular complexity index is 329. The van der Waals surface area contributed by atoms with Gasteiger partial charge in [0, 0.05) is 25.9 Å². The van der Waals surface area contributed by atoms with Gasteiger partial charge in [0.2, 0.25) is 5.91 Å². The predicted molar refractivity (Wildman–Crippen MR) is 70.5 cm³/mol. The molecule has 0 unspecified atom stereocenters. The number of carboxylic acids is 1. The van der Waals surface area contributed by atoms with Gasteiger partial charge in [0.1, 0.15) is 0 Å². The summed E-state index contributed by atoms with van der Waals surface area (Å²) in [5.41, 5.74) is 4.80. The fourth-order valence-electron chi connectivity index (χ4n) is 1.45. The first kappa shape index (κ1) is 17.2. The molecule has 7 heteroatoms. The van der Waals surface area contributed by atoms with Crippen molar-refractivity contribution in [3.63, 3.8) is 0 Å². The highest BCUT2D eigenvalue weighted by atomic mass is 16.4. The minimum atomic E-state index is -0.815. The molecule has 0 saturated carbocycles. The van der Waals surface area contributed by atoms with Gasteiger partial charge in [0.05, 0.1) is 0 Å². The molecule has 0 aliphatic heterocycles. The van der Waals surface area contributed by atoms with Crippen molar-refractivity contribution < 1.29 is 19.5 Å². The molecule has 0 atom stereocenters. The molecule has 0 aromatic heterocycles. The molecule has 0 fully saturated rings. The Morgan fingerprint density at radius 3 is 2.16 bits per heavy atom. The topological polar surface area (TPSA) is 122 Å². The highest BCUT2D eigenvalue weighted by Crippen LogP contribution is 2.25. The van der Waals surface area contributed by atoms with Crippen molar-refractivity contribution in [1.82, 2.24) is 10.6 Å². The van der Waals surface area contributed by atoms with Gasteiger partial charge in [-0.05, 0) is 18.3 Å². The highest BCUT2D eigenvalue weighted by molar-refractivity contribution is 5.76. The van der Waals surface area contributed by atoms with E-state index in [-0.39, 0.29) is 30.8 Å². The summed E-state index contributed by atoms with van der Waals surface area (Å²) < 4.78 is 0. The summed E-state index contributed by atoms with van der Waals surface area (Å²) in [5.74, 6) is -1.28. The number of hydrogen-bond donors (Lipinski definition) is 4. The molecule has 0 saturated heterocycles. The van der Waals surface area contributed by atoms with E-state index in [1.165, 1.54) is 0 Å². The average Bonchev–Trinajstić information content (AvgIpc) is 2.26. The van der Waals surface area contributed by atoms with Crippen molar-refractivity contribution in [2.75, 3.05) is 13.1 Å². The maximum atomic E-state index is 11.3. The first-order valence-electron chi connectivity index (χ1n) is 6.25. The van der Waals surface area contributed by atoms with Crippen LogP contribution in [0.15, 0.2) is 0 Å². The molecule has 0 spiro atoms. The lowest BCUT2D eigenvalue weighted by atomic mass is 9.84. The molecule has 19 heavy (non-hydrogen) atoms. The van der Waals surface area contributed by atoms with Crippen LogP contribution in [-0.4, -0.2) is 36.1 Å². The maximum Gasteiger partial charge on any atom is 0.314 e. The van der Waals surface area contributed by atoms with Gasteiger partial charge < -0.3 is 21.5 Å². The first-order valence-corrected chi connectivity index (χ1v) is 6.25. The lowest BCUT2D eigenvalue weighted by Gasteiger charge is -2.23. The van der Waals surface area contributed by atoms with E-state index in [2.05, 4.69) is 10.6 Å². The second kappa shape index (κ2) is 8.34. The molecular weight excluding hydrogens is 250 g/mol. The second-order valence-corrected chi connectivity index (χ2v) is 5.21. The number of carbonyl (C=O) groups excluding carboxylic acids is 2. The van der Waals surface area contributed by atoms with E-state index in [1.54, 1.807) is 0 Å². The van der Waals surface area contributed by atoms with E-state index < -0.39 is 11.9 Å². The van der Waals surface area contributed by atoms with Crippen LogP contribution in [0.1, 0.15) is 39.5 Å². The molecule has 3 amide bonds. The number of hydrogen-bond acceptors (Lipinski definition) is 3. The molecule has 110 valence electrons. The van der Waals surface area contributed by atoms with Crippen LogP contribution in [0.2, 0.25) is 0 Å². The number of amides is 3. The molecule has 0 aliphatic carbocycles. The summed E-state index contributed by atoms with van der Waals surface area (Å²) >= 11 is 0. The first-order chi connectivity index (χ1) is 8.73. The van der Waals surface area contributed by atoms with Crippen LogP contribution in [0, 0.1) is 5.41 Å². The number of aliphatic carboxylic acids is 1. The smallest absolute Gasteiger partial charge is 0.314 e. The van der Waals surface area contributed by atoms with Crippen LogP contribution in [0.3, 0.4) is 0 Å². The van der Waals surface area contributed by atoms with E-state index in [0.717, 1.165) is 0 Å². The zero-order valence-corrected chi connectivity index (χ0v) is 11.5. The lowest BCUT2D eigenvalue weighted by molar-refractivity contribution is -0.137. The van der Waals surface area contributed by atoms with Crippen molar-refractivity contribution in [3.05, 3.63) is 0 Å². The van der Waals surface area contributed by atoms with Gasteiger partial charge in [-0.15, -0.1) is 0 Å². The molecular formula is C12H23N3O4. The highest BCUT2D eigenvalue weighted by Gasteiger charge is 2.19. The number of carboxylic acid groups (broad SMARTS) is 1. The minimum absolute atomic E-state index is 0.109. The van der Waals surface area contributed by atoms with Gasteiger partial charge in [-0.2, -0.15) is 0 Å². The van der Waals surface area contributed by atoms with Crippen LogP contribution in [0.5, 0.6) is 0 Å². The van der Waals surface area contributed by atoms with Gasteiger partial charge >= 0.3 is 12.0 Å². The summed E-state index contributed by atoms with van der Waals surface area (Å²) in [4.78, 5) is 32.2. The van der Waals surface area contributed by atoms with Crippen molar-refractivity contribution in [2.24, 2.45) is 11.1 Å². The summed E-state index contributed by atoms with van der Waals surface area (Å²) in [6.07, 6.45) is 1.48. The monoisotopic (exact) mass is 273 g/mol. The normalized spacial score (nSPS) is 10.8. The van der Waals surface area contributed by atoms with Crippen LogP contribution in [0.25, 0.3) is 0 Å². The SMILES string of the molecule is CC(C)(CCNC(=O)NCCC(N)=O)CCC(=O)O. The summed E-state index contributed by atoms with van der Waals surface area (Å²) in [6.45, 7) is 4.59. The molecule has 0 radical (unpaired) electrons. The molecule has 0 aromatic carbocycles. The standard InChI is InChI=1S/C12H23N3O4/c1-12(2,5-3-10(17)18)6-8-15-11(19)14-7-4-9(13)16/h3-8H2,1-2H3,(H2,13,16)(H,17,18)(H2,14,15,19). The van der Waals surface area contributed by atoms with E-state index in [4.69, 9.17) is 10.8 Å². The summed E-state index contributed by atoms with van der Waals surface area (Å²) in [6, 6.07) is -0.352. The molecule has 0 aromatic rings. The van der Waals surface area contributed by atoms with E-state index >= 15 is 0 Å². The quantitative estimate of drug-likeness (QED) is 0.487. The van der Waals surface area contributed by atoms with Crippen molar-refractivity contribution in [3.8, 4) is 0 Å².